The van der Waals surface area contributed by atoms with Gasteiger partial charge < -0.3 is 9.15 Å². The van der Waals surface area contributed by atoms with Crippen LogP contribution in [0.3, 0.4) is 0 Å². The first-order chi connectivity index (χ1) is 12.8. The summed E-state index contributed by atoms with van der Waals surface area (Å²) in [5, 5.41) is 1.14. The predicted octanol–water partition coefficient (Wildman–Crippen LogP) is 5.85. The summed E-state index contributed by atoms with van der Waals surface area (Å²) < 4.78 is 25.8. The van der Waals surface area contributed by atoms with Crippen LogP contribution in [0.2, 0.25) is 5.15 Å². The van der Waals surface area contributed by atoms with Gasteiger partial charge in [-0.3, -0.25) is 4.79 Å². The Kier molecular flexibility index (Phi) is 5.77. The van der Waals surface area contributed by atoms with Gasteiger partial charge in [0.25, 0.3) is 5.95 Å². The molecule has 0 aliphatic carbocycles. The summed E-state index contributed by atoms with van der Waals surface area (Å²) in [5.74, 6) is -0.0190. The molecular formula is C20H19ClFNO3S. The molecule has 0 saturated heterocycles. The van der Waals surface area contributed by atoms with E-state index in [1.54, 1.807) is 19.9 Å². The summed E-state index contributed by atoms with van der Waals surface area (Å²) in [4.78, 5) is 16.4. The lowest BCUT2D eigenvalue weighted by Crippen LogP contribution is -2.11. The number of thioether (sulfide) groups is 1. The quantitative estimate of drug-likeness (QED) is 0.392. The zero-order valence-electron chi connectivity index (χ0n) is 15.4. The van der Waals surface area contributed by atoms with Crippen LogP contribution in [0.15, 0.2) is 38.6 Å². The Morgan fingerprint density at radius 2 is 2.07 bits per heavy atom. The Morgan fingerprint density at radius 3 is 2.74 bits per heavy atom. The number of rotatable bonds is 5. The summed E-state index contributed by atoms with van der Waals surface area (Å²) in [6.45, 7) is 7.42. The van der Waals surface area contributed by atoms with Gasteiger partial charge in [0.1, 0.15) is 16.8 Å². The zero-order valence-corrected chi connectivity index (χ0v) is 17.0. The first-order valence-electron chi connectivity index (χ1n) is 8.51. The molecule has 1 aromatic carbocycles. The van der Waals surface area contributed by atoms with Crippen LogP contribution in [0.25, 0.3) is 11.0 Å². The van der Waals surface area contributed by atoms with Gasteiger partial charge in [0.15, 0.2) is 16.3 Å². The van der Waals surface area contributed by atoms with Crippen molar-refractivity contribution >= 4 is 34.3 Å². The number of hydrogen-bond donors (Lipinski definition) is 0. The molecule has 0 aliphatic heterocycles. The van der Waals surface area contributed by atoms with Crippen molar-refractivity contribution in [2.45, 2.75) is 38.9 Å². The predicted molar refractivity (Wildman–Crippen MR) is 107 cm³/mol. The molecule has 2 aromatic heterocycles. The maximum atomic E-state index is 14.0. The number of benzene rings is 1. The number of fused-ring (bicyclic) bond motifs is 1. The summed E-state index contributed by atoms with van der Waals surface area (Å²) in [6.07, 6.45) is -0.560. The Hall–Kier alpha value is -2.05. The van der Waals surface area contributed by atoms with Crippen molar-refractivity contribution in [3.63, 3.8) is 0 Å². The summed E-state index contributed by atoms with van der Waals surface area (Å²) >= 11 is 7.16. The van der Waals surface area contributed by atoms with Gasteiger partial charge in [-0.05, 0) is 56.4 Å². The highest BCUT2D eigenvalue weighted by Gasteiger charge is 2.20. The number of aryl methyl sites for hydroxylation is 1. The minimum atomic E-state index is -0.786. The van der Waals surface area contributed by atoms with Crippen molar-refractivity contribution in [1.29, 1.82) is 0 Å². The molecule has 1 atom stereocenters. The number of aromatic nitrogens is 1. The molecule has 0 spiro atoms. The van der Waals surface area contributed by atoms with Gasteiger partial charge in [0.2, 0.25) is 0 Å². The van der Waals surface area contributed by atoms with E-state index in [1.165, 1.54) is 23.9 Å². The molecule has 0 amide bonds. The third-order valence-corrected chi connectivity index (χ3v) is 5.30. The Labute approximate surface area is 165 Å². The number of hydrogen-bond acceptors (Lipinski definition) is 5. The standard InChI is InChI=1S/C20H19ClFNO3S/c1-5-27-20-11(3)17(24)14-9-10(2)8-13(18(14)26-20)12(4)25-15-6-7-16(21)23-19(15)22/h6-9,12H,5H2,1-4H3/t12-/m1/s1. The maximum Gasteiger partial charge on any atom is 0.256 e. The monoisotopic (exact) mass is 407 g/mol. The molecule has 0 fully saturated rings. The molecule has 0 radical (unpaired) electrons. The topological polar surface area (TPSA) is 52.3 Å². The van der Waals surface area contributed by atoms with E-state index in [9.17, 15) is 9.18 Å². The average molecular weight is 408 g/mol. The van der Waals surface area contributed by atoms with E-state index in [2.05, 4.69) is 4.98 Å². The Bertz CT molecular complexity index is 1070. The Balaban J connectivity index is 2.13. The van der Waals surface area contributed by atoms with Crippen LogP contribution in [-0.4, -0.2) is 10.7 Å². The van der Waals surface area contributed by atoms with Crippen LogP contribution in [0.1, 0.15) is 36.6 Å². The van der Waals surface area contributed by atoms with Gasteiger partial charge in [0, 0.05) is 11.1 Å². The molecule has 142 valence electrons. The fourth-order valence-electron chi connectivity index (χ4n) is 2.86. The fraction of sp³-hybridized carbons (Fsp3) is 0.300. The van der Waals surface area contributed by atoms with E-state index in [1.807, 2.05) is 19.9 Å². The van der Waals surface area contributed by atoms with Gasteiger partial charge in [-0.1, -0.05) is 30.3 Å². The van der Waals surface area contributed by atoms with Crippen LogP contribution in [0.4, 0.5) is 4.39 Å². The van der Waals surface area contributed by atoms with Crippen LogP contribution in [-0.2, 0) is 0 Å². The molecule has 27 heavy (non-hydrogen) atoms. The first kappa shape index (κ1) is 19.7. The molecular weight excluding hydrogens is 389 g/mol. The summed E-state index contributed by atoms with van der Waals surface area (Å²) in [6, 6.07) is 6.57. The van der Waals surface area contributed by atoms with E-state index < -0.39 is 12.1 Å². The third kappa shape index (κ3) is 3.96. The second kappa shape index (κ2) is 7.90. The average Bonchev–Trinajstić information content (AvgIpc) is 2.62. The van der Waals surface area contributed by atoms with Crippen LogP contribution in [0.5, 0.6) is 5.75 Å². The second-order valence-electron chi connectivity index (χ2n) is 6.19. The Morgan fingerprint density at radius 1 is 1.33 bits per heavy atom. The van der Waals surface area contributed by atoms with Gasteiger partial charge >= 0.3 is 0 Å². The zero-order chi connectivity index (χ0) is 19.7. The smallest absolute Gasteiger partial charge is 0.256 e. The molecule has 0 N–H and O–H groups in total. The largest absolute Gasteiger partial charge is 0.481 e. The highest BCUT2D eigenvalue weighted by atomic mass is 35.5. The second-order valence-corrected chi connectivity index (χ2v) is 7.81. The normalized spacial score (nSPS) is 12.4. The van der Waals surface area contributed by atoms with E-state index in [4.69, 9.17) is 20.8 Å². The van der Waals surface area contributed by atoms with E-state index in [0.717, 1.165) is 11.3 Å². The highest BCUT2D eigenvalue weighted by Crippen LogP contribution is 2.32. The molecule has 0 aliphatic rings. The number of halogens is 2. The van der Waals surface area contributed by atoms with Crippen LogP contribution >= 0.6 is 23.4 Å². The van der Waals surface area contributed by atoms with Crippen molar-refractivity contribution in [1.82, 2.24) is 4.98 Å². The maximum absolute atomic E-state index is 14.0. The summed E-state index contributed by atoms with van der Waals surface area (Å²) in [7, 11) is 0. The van der Waals surface area contributed by atoms with Gasteiger partial charge in [-0.25, -0.2) is 4.98 Å². The van der Waals surface area contributed by atoms with Crippen LogP contribution < -0.4 is 10.2 Å². The van der Waals surface area contributed by atoms with Crippen molar-refractivity contribution < 1.29 is 13.5 Å². The molecule has 0 unspecified atom stereocenters. The van der Waals surface area contributed by atoms with E-state index in [-0.39, 0.29) is 16.3 Å². The minimum absolute atomic E-state index is 0.0147. The van der Waals surface area contributed by atoms with Gasteiger partial charge in [-0.2, -0.15) is 4.39 Å². The van der Waals surface area contributed by atoms with Crippen molar-refractivity contribution in [2.24, 2.45) is 0 Å². The third-order valence-electron chi connectivity index (χ3n) is 4.15. The lowest BCUT2D eigenvalue weighted by atomic mass is 10.0. The number of pyridine rings is 1. The molecule has 4 nitrogen and oxygen atoms in total. The van der Waals surface area contributed by atoms with Crippen LogP contribution in [0, 0.1) is 19.8 Å². The molecule has 2 heterocycles. The van der Waals surface area contributed by atoms with Crippen molar-refractivity contribution in [3.8, 4) is 5.75 Å². The lowest BCUT2D eigenvalue weighted by molar-refractivity contribution is 0.213. The van der Waals surface area contributed by atoms with Gasteiger partial charge in [-0.15, -0.1) is 0 Å². The van der Waals surface area contributed by atoms with E-state index >= 15 is 0 Å². The molecule has 3 aromatic rings. The molecule has 7 heteroatoms. The molecule has 0 saturated carbocycles. The number of nitrogens with zero attached hydrogens (tertiary/aromatic N) is 1. The van der Waals surface area contributed by atoms with Crippen molar-refractivity contribution in [3.05, 3.63) is 62.3 Å². The van der Waals surface area contributed by atoms with E-state index in [0.29, 0.717) is 27.2 Å². The number of ether oxygens (including phenoxy) is 1. The minimum Gasteiger partial charge on any atom is -0.481 e. The molecule has 3 rings (SSSR count). The lowest BCUT2D eigenvalue weighted by Gasteiger charge is -2.18. The van der Waals surface area contributed by atoms with Gasteiger partial charge in [0.05, 0.1) is 5.39 Å². The first-order valence-corrected chi connectivity index (χ1v) is 9.87. The summed E-state index contributed by atoms with van der Waals surface area (Å²) in [5.41, 5.74) is 2.55. The highest BCUT2D eigenvalue weighted by molar-refractivity contribution is 7.99. The van der Waals surface area contributed by atoms with Crippen molar-refractivity contribution in [2.75, 3.05) is 5.75 Å². The molecule has 0 bridgehead atoms. The SMILES string of the molecule is CCSc1oc2c([C@@H](C)Oc3ccc(Cl)nc3F)cc(C)cc2c(=O)c1C. The fourth-order valence-corrected chi connectivity index (χ4v) is 3.71.